The van der Waals surface area contributed by atoms with Gasteiger partial charge in [0.15, 0.2) is 23.0 Å². The second kappa shape index (κ2) is 10.3. The maximum Gasteiger partial charge on any atom is 0.283 e. The molecule has 2 aliphatic rings. The Hall–Kier alpha value is -3.95. The number of ether oxygens (including phenoxy) is 4. The molecule has 180 valence electrons. The summed E-state index contributed by atoms with van der Waals surface area (Å²) >= 11 is 0. The molecule has 0 bridgehead atoms. The molecule has 34 heavy (non-hydrogen) atoms. The van der Waals surface area contributed by atoms with Crippen LogP contribution in [-0.2, 0) is 20.8 Å². The fourth-order valence-electron chi connectivity index (χ4n) is 3.92. The van der Waals surface area contributed by atoms with Gasteiger partial charge in [-0.15, -0.1) is 0 Å². The minimum atomic E-state index is -0.890. The number of rotatable bonds is 7. The van der Waals surface area contributed by atoms with Crippen molar-refractivity contribution >= 4 is 17.7 Å². The second-order valence-corrected chi connectivity index (χ2v) is 8.02. The van der Waals surface area contributed by atoms with Gasteiger partial charge in [-0.3, -0.25) is 25.2 Å². The van der Waals surface area contributed by atoms with Gasteiger partial charge in [-0.25, -0.2) is 0 Å². The van der Waals surface area contributed by atoms with Crippen molar-refractivity contribution in [3.8, 4) is 23.0 Å². The van der Waals surface area contributed by atoms with Gasteiger partial charge in [-0.1, -0.05) is 18.2 Å². The molecule has 10 nitrogen and oxygen atoms in total. The second-order valence-electron chi connectivity index (χ2n) is 8.02. The van der Waals surface area contributed by atoms with Crippen molar-refractivity contribution in [1.82, 2.24) is 15.8 Å². The number of nitrogens with one attached hydrogen (secondary N) is 2. The van der Waals surface area contributed by atoms with Gasteiger partial charge in [0.1, 0.15) is 6.61 Å². The van der Waals surface area contributed by atoms with Gasteiger partial charge in [-0.2, -0.15) is 0 Å². The van der Waals surface area contributed by atoms with E-state index in [0.29, 0.717) is 36.0 Å². The summed E-state index contributed by atoms with van der Waals surface area (Å²) in [7, 11) is 3.14. The molecule has 2 aliphatic heterocycles. The van der Waals surface area contributed by atoms with E-state index in [4.69, 9.17) is 18.9 Å². The van der Waals surface area contributed by atoms with Gasteiger partial charge in [-0.05, 0) is 36.2 Å². The van der Waals surface area contributed by atoms with Gasteiger partial charge in [0.2, 0.25) is 17.9 Å². The van der Waals surface area contributed by atoms with Crippen molar-refractivity contribution in [3.05, 3.63) is 48.0 Å². The third-order valence-corrected chi connectivity index (χ3v) is 5.81. The first-order valence-electron chi connectivity index (χ1n) is 11.0. The molecule has 1 fully saturated rings. The zero-order valence-electron chi connectivity index (χ0n) is 19.0. The van der Waals surface area contributed by atoms with Crippen LogP contribution in [0.1, 0.15) is 12.0 Å². The molecule has 4 rings (SSSR count). The summed E-state index contributed by atoms with van der Waals surface area (Å²) < 4.78 is 21.7. The first-order chi connectivity index (χ1) is 16.5. The number of carbonyl (C=O) groups is 3. The maximum absolute atomic E-state index is 12.5. The number of amides is 3. The highest BCUT2D eigenvalue weighted by molar-refractivity contribution is 5.91. The van der Waals surface area contributed by atoms with E-state index in [2.05, 4.69) is 10.9 Å². The minimum Gasteiger partial charge on any atom is -0.493 e. The molecule has 0 radical (unpaired) electrons. The van der Waals surface area contributed by atoms with E-state index in [0.717, 1.165) is 5.56 Å². The van der Waals surface area contributed by atoms with Crippen LogP contribution in [0.3, 0.4) is 0 Å². The number of hydrogen-bond acceptors (Lipinski definition) is 7. The van der Waals surface area contributed by atoms with E-state index in [9.17, 15) is 14.4 Å². The Morgan fingerprint density at radius 1 is 1.03 bits per heavy atom. The van der Waals surface area contributed by atoms with Gasteiger partial charge < -0.3 is 23.8 Å². The van der Waals surface area contributed by atoms with E-state index in [1.54, 1.807) is 37.3 Å². The molecule has 0 aromatic heterocycles. The van der Waals surface area contributed by atoms with Crippen molar-refractivity contribution in [2.45, 2.75) is 18.9 Å². The van der Waals surface area contributed by atoms with Gasteiger partial charge in [0, 0.05) is 19.5 Å². The molecular formula is C24H27N3O7. The minimum absolute atomic E-state index is 0.0323. The first-order valence-corrected chi connectivity index (χ1v) is 11.0. The van der Waals surface area contributed by atoms with Crippen molar-refractivity contribution in [1.29, 1.82) is 0 Å². The number of likely N-dealkylation sites (tertiary alicyclic amines) is 1. The van der Waals surface area contributed by atoms with Crippen LogP contribution in [0.4, 0.5) is 0 Å². The lowest BCUT2D eigenvalue weighted by atomic mass is 10.1. The lowest BCUT2D eigenvalue weighted by Crippen LogP contribution is -2.52. The Balaban J connectivity index is 1.24. The number of hydrazine groups is 1. The van der Waals surface area contributed by atoms with E-state index >= 15 is 0 Å². The van der Waals surface area contributed by atoms with Crippen LogP contribution in [0.25, 0.3) is 0 Å². The van der Waals surface area contributed by atoms with Gasteiger partial charge >= 0.3 is 0 Å². The smallest absolute Gasteiger partial charge is 0.283 e. The lowest BCUT2D eigenvalue weighted by molar-refractivity contribution is -0.136. The molecule has 0 spiro atoms. The van der Waals surface area contributed by atoms with Crippen molar-refractivity contribution < 1.29 is 33.3 Å². The lowest BCUT2D eigenvalue weighted by Gasteiger charge is -2.25. The van der Waals surface area contributed by atoms with Crippen molar-refractivity contribution in [2.75, 3.05) is 33.9 Å². The summed E-state index contributed by atoms with van der Waals surface area (Å²) in [5, 5.41) is 0. The molecule has 2 heterocycles. The highest BCUT2D eigenvalue weighted by Crippen LogP contribution is 2.31. The van der Waals surface area contributed by atoms with Crippen LogP contribution in [0, 0.1) is 5.92 Å². The van der Waals surface area contributed by atoms with E-state index in [1.807, 2.05) is 24.3 Å². The van der Waals surface area contributed by atoms with Crippen LogP contribution in [-0.4, -0.2) is 62.6 Å². The van der Waals surface area contributed by atoms with E-state index in [-0.39, 0.29) is 25.5 Å². The van der Waals surface area contributed by atoms with Crippen LogP contribution >= 0.6 is 0 Å². The number of fused-ring (bicyclic) bond motifs is 1. The Bertz CT molecular complexity index is 1070. The summed E-state index contributed by atoms with van der Waals surface area (Å²) in [5.74, 6) is 0.674. The third kappa shape index (κ3) is 5.16. The number of benzene rings is 2. The summed E-state index contributed by atoms with van der Waals surface area (Å²) in [4.78, 5) is 39.0. The van der Waals surface area contributed by atoms with Crippen LogP contribution < -0.4 is 29.8 Å². The average molecular weight is 469 g/mol. The predicted octanol–water partition coefficient (Wildman–Crippen LogP) is 1.08. The Labute approximate surface area is 197 Å². The van der Waals surface area contributed by atoms with Crippen molar-refractivity contribution in [2.24, 2.45) is 5.92 Å². The summed E-state index contributed by atoms with van der Waals surface area (Å²) in [6, 6.07) is 12.6. The molecule has 2 unspecified atom stereocenters. The van der Waals surface area contributed by atoms with Gasteiger partial charge in [0.05, 0.1) is 20.1 Å². The zero-order valence-corrected chi connectivity index (χ0v) is 19.0. The topological polar surface area (TPSA) is 115 Å². The van der Waals surface area contributed by atoms with Crippen LogP contribution in [0.2, 0.25) is 0 Å². The molecule has 0 aliphatic carbocycles. The van der Waals surface area contributed by atoms with Crippen molar-refractivity contribution in [3.63, 3.8) is 0 Å². The Kier molecular flexibility index (Phi) is 7.05. The normalized spacial score (nSPS) is 18.9. The third-order valence-electron chi connectivity index (χ3n) is 5.81. The quantitative estimate of drug-likeness (QED) is 0.583. The summed E-state index contributed by atoms with van der Waals surface area (Å²) in [6.45, 7) is 0.784. The van der Waals surface area contributed by atoms with E-state index in [1.165, 1.54) is 0 Å². The van der Waals surface area contributed by atoms with E-state index < -0.39 is 23.8 Å². The summed E-state index contributed by atoms with van der Waals surface area (Å²) in [6.07, 6.45) is -0.194. The predicted molar refractivity (Wildman–Crippen MR) is 121 cm³/mol. The Morgan fingerprint density at radius 2 is 1.76 bits per heavy atom. The van der Waals surface area contributed by atoms with Gasteiger partial charge in [0.25, 0.3) is 5.91 Å². The molecule has 2 N–H and O–H groups in total. The largest absolute Gasteiger partial charge is 0.493 e. The number of para-hydroxylation sites is 2. The number of carbonyl (C=O) groups excluding carboxylic acids is 3. The molecule has 0 saturated carbocycles. The molecule has 2 aromatic carbocycles. The number of nitrogens with zero attached hydrogens (tertiary/aromatic N) is 1. The highest BCUT2D eigenvalue weighted by atomic mass is 16.6. The highest BCUT2D eigenvalue weighted by Gasteiger charge is 2.35. The molecule has 1 saturated heterocycles. The van der Waals surface area contributed by atoms with Crippen LogP contribution in [0.15, 0.2) is 42.5 Å². The zero-order chi connectivity index (χ0) is 24.1. The Morgan fingerprint density at radius 3 is 2.53 bits per heavy atom. The molecule has 10 heteroatoms. The molecule has 3 amide bonds. The molecular weight excluding hydrogens is 442 g/mol. The maximum atomic E-state index is 12.5. The molecule has 2 atom stereocenters. The monoisotopic (exact) mass is 469 g/mol. The fraction of sp³-hybridized carbons (Fsp3) is 0.375. The fourth-order valence-corrected chi connectivity index (χ4v) is 3.92. The SMILES string of the molecule is COc1ccc(CCN2CC(C(=O)NNC(=O)C3COc4ccccc4O3)CC2=O)cc1OC. The average Bonchev–Trinajstić information content (AvgIpc) is 3.25. The number of methoxy groups -OCH3 is 2. The standard InChI is InChI=1S/C24H27N3O7/c1-31-17-8-7-15(11-20(17)32-2)9-10-27-13-16(12-22(27)28)23(29)25-26-24(30)21-14-33-18-5-3-4-6-19(18)34-21/h3-8,11,16,21H,9-10,12-14H2,1-2H3,(H,25,29)(H,26,30). The van der Waals surface area contributed by atoms with Crippen LogP contribution in [0.5, 0.6) is 23.0 Å². The first kappa shape index (κ1) is 23.2. The number of hydrogen-bond donors (Lipinski definition) is 2. The summed E-state index contributed by atoms with van der Waals surface area (Å²) in [5.41, 5.74) is 5.76. The molecule has 2 aromatic rings.